The minimum absolute atomic E-state index is 0.0915. The van der Waals surface area contributed by atoms with Gasteiger partial charge in [-0.25, -0.2) is 13.2 Å². The van der Waals surface area contributed by atoms with Crippen molar-refractivity contribution in [3.05, 3.63) is 83.5 Å². The van der Waals surface area contributed by atoms with E-state index in [4.69, 9.17) is 0 Å². The number of benzene rings is 2. The Morgan fingerprint density at radius 1 is 1.21 bits per heavy atom. The van der Waals surface area contributed by atoms with E-state index in [1.807, 2.05) is 38.2 Å². The number of sulfone groups is 1. The first-order valence-electron chi connectivity index (χ1n) is 10.9. The lowest BCUT2D eigenvalue weighted by Crippen LogP contribution is -2.39. The molecule has 1 aliphatic rings. The van der Waals surface area contributed by atoms with E-state index in [1.165, 1.54) is 35.4 Å². The van der Waals surface area contributed by atoms with Gasteiger partial charge in [0.05, 0.1) is 16.7 Å². The van der Waals surface area contributed by atoms with Crippen LogP contribution in [0.5, 0.6) is 0 Å². The van der Waals surface area contributed by atoms with Crippen molar-refractivity contribution in [1.82, 2.24) is 9.96 Å². The third kappa shape index (κ3) is 5.90. The smallest absolute Gasteiger partial charge is 0.306 e. The number of carbonyl (C=O) groups is 1. The second-order valence-electron chi connectivity index (χ2n) is 8.33. The van der Waals surface area contributed by atoms with Crippen LogP contribution < -0.4 is 5.32 Å². The van der Waals surface area contributed by atoms with E-state index < -0.39 is 21.9 Å². The molecule has 3 rings (SSSR count). The van der Waals surface area contributed by atoms with Crippen LogP contribution >= 0.6 is 0 Å². The number of urea groups is 1. The lowest BCUT2D eigenvalue weighted by atomic mass is 10.1. The fourth-order valence-electron chi connectivity index (χ4n) is 3.91. The third-order valence-corrected chi connectivity index (χ3v) is 7.41. The number of hydrogen-bond donors (Lipinski definition) is 2. The van der Waals surface area contributed by atoms with Gasteiger partial charge < -0.3 is 5.32 Å². The van der Waals surface area contributed by atoms with Crippen molar-refractivity contribution in [2.75, 3.05) is 12.4 Å². The van der Waals surface area contributed by atoms with Crippen molar-refractivity contribution in [1.29, 1.82) is 0 Å². The Hall–Kier alpha value is -2.94. The summed E-state index contributed by atoms with van der Waals surface area (Å²) >= 11 is 0. The maximum Gasteiger partial charge on any atom is 0.346 e. The Bertz CT molecular complexity index is 1160. The standard InChI is InChI=1S/C25H31N3O4S/c1-5-7-20(6-2)18(3)28(30)25(29)26-23-10-12-24(13-11-23)33(31,32)17-19-8-9-21-15-27(4)16-22(21)14-19/h6-14,18,30H,2,5,15-17H2,1,3-4H3,(H,26,29)/b20-7+. The summed E-state index contributed by atoms with van der Waals surface area (Å²) in [6.45, 7) is 9.06. The fraction of sp³-hybridized carbons (Fsp3) is 0.320. The van der Waals surface area contributed by atoms with Crippen LogP contribution in [-0.2, 0) is 28.7 Å². The van der Waals surface area contributed by atoms with Crippen LogP contribution in [0.15, 0.2) is 71.7 Å². The quantitative estimate of drug-likeness (QED) is 0.331. The summed E-state index contributed by atoms with van der Waals surface area (Å²) in [7, 11) is -1.51. The van der Waals surface area contributed by atoms with Gasteiger partial charge in [-0.05, 0) is 66.9 Å². The normalized spacial score (nSPS) is 15.1. The molecule has 2 aromatic rings. The Morgan fingerprint density at radius 2 is 1.88 bits per heavy atom. The van der Waals surface area contributed by atoms with Gasteiger partial charge in [-0.3, -0.25) is 10.1 Å². The molecule has 7 nitrogen and oxygen atoms in total. The topological polar surface area (TPSA) is 90.0 Å². The van der Waals surface area contributed by atoms with Crippen molar-refractivity contribution in [2.45, 2.75) is 50.0 Å². The number of allylic oxidation sites excluding steroid dienone is 1. The zero-order valence-electron chi connectivity index (χ0n) is 19.3. The van der Waals surface area contributed by atoms with Crippen LogP contribution in [0, 0.1) is 0 Å². The van der Waals surface area contributed by atoms with E-state index >= 15 is 0 Å². The average Bonchev–Trinajstić information content (AvgIpc) is 3.15. The fourth-order valence-corrected chi connectivity index (χ4v) is 5.25. The molecule has 1 aliphatic heterocycles. The molecule has 33 heavy (non-hydrogen) atoms. The predicted molar refractivity (Wildman–Crippen MR) is 130 cm³/mol. The molecule has 0 saturated carbocycles. The number of amides is 2. The van der Waals surface area contributed by atoms with Crippen LogP contribution in [0.4, 0.5) is 10.5 Å². The molecule has 0 fully saturated rings. The molecule has 1 unspecified atom stereocenters. The molecular formula is C25H31N3O4S. The molecule has 0 saturated heterocycles. The summed E-state index contributed by atoms with van der Waals surface area (Å²) in [4.78, 5) is 14.8. The van der Waals surface area contributed by atoms with Gasteiger partial charge in [0.25, 0.3) is 0 Å². The summed E-state index contributed by atoms with van der Waals surface area (Å²) < 4.78 is 25.8. The molecule has 2 N–H and O–H groups in total. The van der Waals surface area contributed by atoms with Crippen molar-refractivity contribution in [2.24, 2.45) is 0 Å². The Labute approximate surface area is 195 Å². The highest BCUT2D eigenvalue weighted by atomic mass is 32.2. The third-order valence-electron chi connectivity index (χ3n) is 5.71. The number of anilines is 1. The van der Waals surface area contributed by atoms with Crippen molar-refractivity contribution < 1.29 is 18.4 Å². The SMILES string of the molecule is C=C/C(=C\CC)C(C)N(O)C(=O)Nc1ccc(S(=O)(=O)Cc2ccc3c(c2)CN(C)C3)cc1. The van der Waals surface area contributed by atoms with E-state index in [0.29, 0.717) is 10.8 Å². The zero-order chi connectivity index (χ0) is 24.2. The van der Waals surface area contributed by atoms with Crippen molar-refractivity contribution >= 4 is 21.6 Å². The van der Waals surface area contributed by atoms with E-state index in [0.717, 1.165) is 30.6 Å². The van der Waals surface area contributed by atoms with Crippen molar-refractivity contribution in [3.63, 3.8) is 0 Å². The van der Waals surface area contributed by atoms with Crippen LogP contribution in [-0.4, -0.2) is 42.7 Å². The number of hydroxylamine groups is 2. The van der Waals surface area contributed by atoms with E-state index in [2.05, 4.69) is 16.8 Å². The van der Waals surface area contributed by atoms with Crippen LogP contribution in [0.1, 0.15) is 37.0 Å². The first kappa shape index (κ1) is 24.7. The lowest BCUT2D eigenvalue weighted by molar-refractivity contribution is -0.0564. The minimum atomic E-state index is -3.54. The molecule has 1 atom stereocenters. The number of nitrogens with zero attached hydrogens (tertiary/aromatic N) is 2. The molecule has 1 heterocycles. The number of hydrogen-bond acceptors (Lipinski definition) is 5. The summed E-state index contributed by atoms with van der Waals surface area (Å²) in [6.07, 6.45) is 4.23. The second-order valence-corrected chi connectivity index (χ2v) is 10.3. The van der Waals surface area contributed by atoms with Crippen molar-refractivity contribution in [3.8, 4) is 0 Å². The molecule has 8 heteroatoms. The molecule has 2 aromatic carbocycles. The van der Waals surface area contributed by atoms with Gasteiger partial charge in [0.2, 0.25) is 0 Å². The minimum Gasteiger partial charge on any atom is -0.306 e. The van der Waals surface area contributed by atoms with Gasteiger partial charge in [-0.2, -0.15) is 5.06 Å². The van der Waals surface area contributed by atoms with Crippen LogP contribution in [0.2, 0.25) is 0 Å². The summed E-state index contributed by atoms with van der Waals surface area (Å²) in [6, 6.07) is 10.5. The summed E-state index contributed by atoms with van der Waals surface area (Å²) in [5.41, 5.74) is 4.26. The first-order valence-corrected chi connectivity index (χ1v) is 12.5. The largest absolute Gasteiger partial charge is 0.346 e. The molecule has 0 aromatic heterocycles. The van der Waals surface area contributed by atoms with Crippen LogP contribution in [0.25, 0.3) is 0 Å². The maximum absolute atomic E-state index is 12.9. The molecule has 176 valence electrons. The molecule has 0 aliphatic carbocycles. The van der Waals surface area contributed by atoms with Crippen LogP contribution in [0.3, 0.4) is 0 Å². The summed E-state index contributed by atoms with van der Waals surface area (Å²) in [5.74, 6) is -0.0915. The summed E-state index contributed by atoms with van der Waals surface area (Å²) in [5, 5.41) is 13.4. The Morgan fingerprint density at radius 3 is 2.52 bits per heavy atom. The molecule has 0 spiro atoms. The molecule has 2 amide bonds. The second kappa shape index (κ2) is 10.3. The number of nitrogens with one attached hydrogen (secondary N) is 1. The Kier molecular flexibility index (Phi) is 7.73. The Balaban J connectivity index is 1.67. The maximum atomic E-state index is 12.9. The van der Waals surface area contributed by atoms with Gasteiger partial charge in [0.1, 0.15) is 0 Å². The monoisotopic (exact) mass is 469 g/mol. The van der Waals surface area contributed by atoms with E-state index in [9.17, 15) is 18.4 Å². The van der Waals surface area contributed by atoms with E-state index in [-0.39, 0.29) is 10.6 Å². The zero-order valence-corrected chi connectivity index (χ0v) is 20.1. The molecule has 0 radical (unpaired) electrons. The average molecular weight is 470 g/mol. The van der Waals surface area contributed by atoms with Gasteiger partial charge in [0, 0.05) is 18.8 Å². The highest BCUT2D eigenvalue weighted by Gasteiger charge is 2.22. The number of fused-ring (bicyclic) bond motifs is 1. The molecular weight excluding hydrogens is 438 g/mol. The highest BCUT2D eigenvalue weighted by Crippen LogP contribution is 2.25. The van der Waals surface area contributed by atoms with Gasteiger partial charge in [-0.1, -0.05) is 43.9 Å². The number of carbonyl (C=O) groups excluding carboxylic acids is 1. The van der Waals surface area contributed by atoms with E-state index in [1.54, 1.807) is 13.0 Å². The highest BCUT2D eigenvalue weighted by molar-refractivity contribution is 7.90. The number of rotatable bonds is 8. The van der Waals surface area contributed by atoms with Gasteiger partial charge in [0.15, 0.2) is 9.84 Å². The predicted octanol–water partition coefficient (Wildman–Crippen LogP) is 4.74. The lowest BCUT2D eigenvalue weighted by Gasteiger charge is -2.24. The molecule has 0 bridgehead atoms. The van der Waals surface area contributed by atoms with Gasteiger partial charge in [-0.15, -0.1) is 0 Å². The van der Waals surface area contributed by atoms with Gasteiger partial charge >= 0.3 is 6.03 Å². The first-order chi connectivity index (χ1) is 15.6.